The molecule has 0 radical (unpaired) electrons. The summed E-state index contributed by atoms with van der Waals surface area (Å²) in [6.07, 6.45) is 22.5. The number of aliphatic hydroxyl groups excluding tert-OH is 1. The summed E-state index contributed by atoms with van der Waals surface area (Å²) < 4.78 is 0. The molecule has 4 aromatic carbocycles. The summed E-state index contributed by atoms with van der Waals surface area (Å²) in [7, 11) is 0. The Morgan fingerprint density at radius 2 is 1.61 bits per heavy atom. The lowest BCUT2D eigenvalue weighted by Gasteiger charge is -2.66. The van der Waals surface area contributed by atoms with E-state index in [2.05, 4.69) is 46.7 Å². The number of allylic oxidation sites excluding steroid dienone is 1. The van der Waals surface area contributed by atoms with Crippen molar-refractivity contribution in [2.24, 2.45) is 28.6 Å². The van der Waals surface area contributed by atoms with Gasteiger partial charge in [0, 0.05) is 35.7 Å². The van der Waals surface area contributed by atoms with E-state index in [1.807, 2.05) is 6.33 Å². The average Bonchev–Trinajstić information content (AvgIpc) is 3.98. The summed E-state index contributed by atoms with van der Waals surface area (Å²) in [5.41, 5.74) is 6.52. The number of H-pyrrole nitrogens is 1. The fourth-order valence-corrected chi connectivity index (χ4v) is 13.5. The predicted octanol–water partition coefficient (Wildman–Crippen LogP) is 8.93. The largest absolute Gasteiger partial charge is 0.507 e. The third-order valence-corrected chi connectivity index (χ3v) is 16.0. The lowest BCUT2D eigenvalue weighted by Crippen LogP contribution is -2.68. The van der Waals surface area contributed by atoms with Crippen molar-refractivity contribution < 1.29 is 30.6 Å². The summed E-state index contributed by atoms with van der Waals surface area (Å²) in [5.74, 6) is 0.0475. The topological polar surface area (TPSA) is 162 Å². The highest BCUT2D eigenvalue weighted by atomic mass is 16.3. The summed E-state index contributed by atoms with van der Waals surface area (Å²) >= 11 is 0. The van der Waals surface area contributed by atoms with Crippen LogP contribution in [-0.2, 0) is 31.2 Å². The molecule has 2 spiro atoms. The smallest absolute Gasteiger partial charge is 0.169 e. The van der Waals surface area contributed by atoms with Crippen molar-refractivity contribution >= 4 is 22.9 Å². The van der Waals surface area contributed by atoms with E-state index in [0.29, 0.717) is 53.3 Å². The second-order valence-electron chi connectivity index (χ2n) is 18.4. The van der Waals surface area contributed by atoms with E-state index in [-0.39, 0.29) is 56.3 Å². The van der Waals surface area contributed by atoms with E-state index in [1.54, 1.807) is 30.4 Å². The van der Waals surface area contributed by atoms with Gasteiger partial charge in [-0.05, 0) is 133 Å². The number of nitrogens with one attached hydrogen (secondary N) is 2. The second kappa shape index (κ2) is 14.5. The number of imidazole rings is 1. The Kier molecular flexibility index (Phi) is 9.33. The summed E-state index contributed by atoms with van der Waals surface area (Å²) in [6, 6.07) is 18.1. The zero-order valence-corrected chi connectivity index (χ0v) is 33.5. The molecule has 306 valence electrons. The van der Waals surface area contributed by atoms with Crippen molar-refractivity contribution in [2.45, 2.75) is 95.1 Å². The molecule has 3 saturated carbocycles. The van der Waals surface area contributed by atoms with E-state index < -0.39 is 6.10 Å². The van der Waals surface area contributed by atoms with Crippen LogP contribution in [0.15, 0.2) is 79.1 Å². The highest BCUT2D eigenvalue weighted by molar-refractivity contribution is 6.03. The van der Waals surface area contributed by atoms with Crippen molar-refractivity contribution in [1.29, 1.82) is 0 Å². The maximum Gasteiger partial charge on any atom is 0.169 e. The molecule has 0 bridgehead atoms. The molecule has 10 rings (SSSR count). The number of nitrogens with zero attached hydrogens (tertiary/aromatic N) is 1. The van der Waals surface area contributed by atoms with Crippen molar-refractivity contribution in [3.63, 3.8) is 0 Å². The van der Waals surface area contributed by atoms with Gasteiger partial charge in [-0.3, -0.25) is 0 Å². The van der Waals surface area contributed by atoms with Crippen LogP contribution in [0.3, 0.4) is 0 Å². The van der Waals surface area contributed by atoms with Crippen LogP contribution < -0.4 is 5.32 Å². The van der Waals surface area contributed by atoms with Crippen molar-refractivity contribution in [2.75, 3.05) is 6.54 Å². The zero-order chi connectivity index (χ0) is 40.5. The van der Waals surface area contributed by atoms with E-state index in [0.717, 1.165) is 18.5 Å². The first-order valence-electron chi connectivity index (χ1n) is 21.7. The zero-order valence-electron chi connectivity index (χ0n) is 33.5. The van der Waals surface area contributed by atoms with E-state index >= 15 is 0 Å². The van der Waals surface area contributed by atoms with Crippen LogP contribution in [0.1, 0.15) is 97.0 Å². The van der Waals surface area contributed by atoms with Gasteiger partial charge < -0.3 is 40.9 Å². The van der Waals surface area contributed by atoms with Gasteiger partial charge in [-0.15, -0.1) is 0 Å². The molecule has 5 aliphatic rings. The predicted molar refractivity (Wildman–Crippen MR) is 229 cm³/mol. The van der Waals surface area contributed by atoms with Crippen LogP contribution >= 0.6 is 0 Å². The van der Waals surface area contributed by atoms with Crippen LogP contribution in [0.25, 0.3) is 22.9 Å². The van der Waals surface area contributed by atoms with Crippen molar-refractivity contribution in [3.05, 3.63) is 118 Å². The minimum absolute atomic E-state index is 0.108. The Balaban J connectivity index is 0.920. The third kappa shape index (κ3) is 5.82. The van der Waals surface area contributed by atoms with Crippen LogP contribution in [-0.4, -0.2) is 53.3 Å². The van der Waals surface area contributed by atoms with Crippen LogP contribution in [0.2, 0.25) is 0 Å². The fraction of sp³-hybridized carbons (Fsp3) is 0.420. The first kappa shape index (κ1) is 38.0. The van der Waals surface area contributed by atoms with Crippen molar-refractivity contribution in [1.82, 2.24) is 15.3 Å². The quantitative estimate of drug-likeness (QED) is 0.0417. The molecule has 8 N–H and O–H groups in total. The maximum atomic E-state index is 12.2. The Labute approximate surface area is 345 Å². The summed E-state index contributed by atoms with van der Waals surface area (Å²) in [6.45, 7) is 1.48. The highest BCUT2D eigenvalue weighted by Gasteiger charge is 2.72. The van der Waals surface area contributed by atoms with E-state index in [4.69, 9.17) is 4.98 Å². The molecule has 1 heterocycles. The Morgan fingerprint density at radius 3 is 2.46 bits per heavy atom. The molecule has 3 fully saturated rings. The number of fused-ring (bicyclic) bond motifs is 4. The standard InChI is InChI=1S/C50H55N3O6/c54-39-20-14-31(26-42(39)57)13-17-35-36-6-1-7-40(55)43(36)45(59)44(58)37(35)18-12-30-8-10-32(11-9-30)27-51-28-50-46-41(56)21-16-33-4-2-22-48(33,46)24-25-49(50)23-3-5-34(49)15-19-38-47(50)53-29-52-38/h1,6-11,13-14,16-17,20-21,26,29,33-34,41,46,51,54-59H,2-5,12,15,18-19,22-25,27-28H2,(H,52,53)/b17-13+/t33-,34-,41-,46+,48-,49-,50+/m0/s1. The lowest BCUT2D eigenvalue weighted by atomic mass is 9.38. The van der Waals surface area contributed by atoms with Gasteiger partial charge in [0.1, 0.15) is 5.75 Å². The Hall–Kier alpha value is -5.25. The molecule has 1 aromatic heterocycles. The normalized spacial score (nSPS) is 29.5. The maximum absolute atomic E-state index is 12.2. The molecule has 9 nitrogen and oxygen atoms in total. The molecular weight excluding hydrogens is 739 g/mol. The minimum atomic E-state index is -0.488. The number of hydrogen-bond acceptors (Lipinski definition) is 8. The molecule has 7 atom stereocenters. The lowest BCUT2D eigenvalue weighted by molar-refractivity contribution is -0.150. The molecule has 0 unspecified atom stereocenters. The number of rotatable bonds is 9. The number of aryl methyl sites for hydroxylation is 2. The number of hydrogen-bond donors (Lipinski definition) is 8. The molecule has 0 saturated heterocycles. The minimum Gasteiger partial charge on any atom is -0.507 e. The number of phenols is 5. The first-order chi connectivity index (χ1) is 28.6. The molecular formula is C50H55N3O6. The third-order valence-electron chi connectivity index (χ3n) is 16.0. The molecule has 59 heavy (non-hydrogen) atoms. The van der Waals surface area contributed by atoms with E-state index in [9.17, 15) is 30.6 Å². The average molecular weight is 794 g/mol. The Morgan fingerprint density at radius 1 is 0.780 bits per heavy atom. The number of benzene rings is 4. The highest BCUT2D eigenvalue weighted by Crippen LogP contribution is 2.74. The number of aliphatic hydroxyl groups is 1. The second-order valence-corrected chi connectivity index (χ2v) is 18.4. The van der Waals surface area contributed by atoms with Gasteiger partial charge >= 0.3 is 0 Å². The first-order valence-corrected chi connectivity index (χ1v) is 21.7. The van der Waals surface area contributed by atoms with Gasteiger partial charge in [0.05, 0.1) is 23.5 Å². The summed E-state index contributed by atoms with van der Waals surface area (Å²) in [4.78, 5) is 8.81. The van der Waals surface area contributed by atoms with Gasteiger partial charge in [0.25, 0.3) is 0 Å². The molecule has 0 amide bonds. The number of phenolic OH excluding ortho intramolecular Hbond substituents is 5. The summed E-state index contributed by atoms with van der Waals surface area (Å²) in [5, 5.41) is 69.9. The van der Waals surface area contributed by atoms with Gasteiger partial charge in [-0.25, -0.2) is 4.98 Å². The number of aromatic hydroxyl groups is 5. The van der Waals surface area contributed by atoms with Crippen LogP contribution in [0, 0.1) is 28.6 Å². The van der Waals surface area contributed by atoms with Gasteiger partial charge in [0.15, 0.2) is 23.0 Å². The molecule has 9 heteroatoms. The Bertz CT molecular complexity index is 2470. The SMILES string of the molecule is Oc1ccc(/C=C/c2c(CCc3ccc(CNC[C@@]45c6nc[nH]c6CC[C@@H]6CCC[C@]64CC[C@@]46CCC[C@H]4C=C[C@H](O)[C@H]65)cc3)c(O)c(O)c3c(O)cccc23)cc1O. The van der Waals surface area contributed by atoms with Crippen LogP contribution in [0.5, 0.6) is 28.7 Å². The molecule has 5 aliphatic carbocycles. The van der Waals surface area contributed by atoms with Gasteiger partial charge in [-0.2, -0.15) is 0 Å². The molecule has 5 aromatic rings. The van der Waals surface area contributed by atoms with Crippen LogP contribution in [0.4, 0.5) is 0 Å². The van der Waals surface area contributed by atoms with Gasteiger partial charge in [0.2, 0.25) is 0 Å². The fourth-order valence-electron chi connectivity index (χ4n) is 13.5. The number of aromatic nitrogens is 2. The number of aromatic amines is 1. The monoisotopic (exact) mass is 793 g/mol. The molecule has 0 aliphatic heterocycles. The van der Waals surface area contributed by atoms with Crippen molar-refractivity contribution in [3.8, 4) is 28.7 Å². The van der Waals surface area contributed by atoms with Gasteiger partial charge in [-0.1, -0.05) is 79.6 Å². The van der Waals surface area contributed by atoms with E-state index in [1.165, 1.54) is 92.9 Å².